The molecule has 0 unspecified atom stereocenters. The van der Waals surface area contributed by atoms with E-state index in [-0.39, 0.29) is 17.8 Å². The largest absolute Gasteiger partial charge is 0.465 e. The average molecular weight is 344 g/mol. The molecule has 1 heterocycles. The van der Waals surface area contributed by atoms with Gasteiger partial charge in [0.2, 0.25) is 11.8 Å². The van der Waals surface area contributed by atoms with Crippen LogP contribution in [0.15, 0.2) is 30.3 Å². The van der Waals surface area contributed by atoms with Crippen molar-refractivity contribution >= 4 is 23.9 Å². The maximum Gasteiger partial charge on any atom is 0.337 e. The Kier molecular flexibility index (Phi) is 6.74. The average Bonchev–Trinajstić information content (AvgIpc) is 2.64. The first-order valence-electron chi connectivity index (χ1n) is 8.43. The van der Waals surface area contributed by atoms with E-state index in [0.717, 1.165) is 24.8 Å². The molecule has 134 valence electrons. The number of primary amides is 1. The summed E-state index contributed by atoms with van der Waals surface area (Å²) in [7, 11) is 1.34. The number of carbonyl (C=O) groups is 3. The minimum Gasteiger partial charge on any atom is -0.465 e. The van der Waals surface area contributed by atoms with Crippen LogP contribution in [-0.4, -0.2) is 42.9 Å². The molecule has 0 saturated carbocycles. The number of methoxy groups -OCH3 is 1. The van der Waals surface area contributed by atoms with Crippen LogP contribution in [0.5, 0.6) is 0 Å². The first-order chi connectivity index (χ1) is 12.0. The van der Waals surface area contributed by atoms with Gasteiger partial charge in [-0.3, -0.25) is 9.59 Å². The van der Waals surface area contributed by atoms with Crippen molar-refractivity contribution < 1.29 is 19.1 Å². The van der Waals surface area contributed by atoms with E-state index in [0.29, 0.717) is 31.0 Å². The molecule has 2 rings (SSSR count). The molecule has 1 fully saturated rings. The van der Waals surface area contributed by atoms with Gasteiger partial charge in [0.1, 0.15) is 0 Å². The first kappa shape index (κ1) is 18.7. The Morgan fingerprint density at radius 3 is 2.40 bits per heavy atom. The van der Waals surface area contributed by atoms with Gasteiger partial charge in [-0.15, -0.1) is 0 Å². The summed E-state index contributed by atoms with van der Waals surface area (Å²) in [6.45, 7) is 1.40. The number of nitrogens with two attached hydrogens (primary N) is 1. The molecule has 2 amide bonds. The molecule has 0 radical (unpaired) electrons. The van der Waals surface area contributed by atoms with Crippen molar-refractivity contribution in [2.45, 2.75) is 25.7 Å². The number of piperidine rings is 1. The Morgan fingerprint density at radius 2 is 1.84 bits per heavy atom. The van der Waals surface area contributed by atoms with E-state index in [4.69, 9.17) is 5.73 Å². The molecular weight excluding hydrogens is 320 g/mol. The molecule has 6 nitrogen and oxygen atoms in total. The number of nitrogens with zero attached hydrogens (tertiary/aromatic N) is 1. The fourth-order valence-corrected chi connectivity index (χ4v) is 2.91. The standard InChI is InChI=1S/C19H24N2O4/c1-25-19(24)16-6-2-14(3-7-16)5-9-18(23)21-12-10-15(11-13-21)4-8-17(20)22/h2-3,5-7,9,15H,4,8,10-13H2,1H3,(H2,20,22)/b9-5+. The summed E-state index contributed by atoms with van der Waals surface area (Å²) in [5.74, 6) is -0.206. The maximum absolute atomic E-state index is 12.3. The summed E-state index contributed by atoms with van der Waals surface area (Å²) in [5.41, 5.74) is 6.50. The van der Waals surface area contributed by atoms with Crippen LogP contribution in [0.3, 0.4) is 0 Å². The van der Waals surface area contributed by atoms with Gasteiger partial charge in [-0.1, -0.05) is 12.1 Å². The van der Waals surface area contributed by atoms with Crippen molar-refractivity contribution in [2.75, 3.05) is 20.2 Å². The quantitative estimate of drug-likeness (QED) is 0.631. The minimum atomic E-state index is -0.384. The third-order valence-corrected chi connectivity index (χ3v) is 4.48. The summed E-state index contributed by atoms with van der Waals surface area (Å²) in [6, 6.07) is 6.87. The number of likely N-dealkylation sites (tertiary alicyclic amines) is 1. The lowest BCUT2D eigenvalue weighted by molar-refractivity contribution is -0.127. The van der Waals surface area contributed by atoms with Gasteiger partial charge in [0.15, 0.2) is 0 Å². The van der Waals surface area contributed by atoms with Crippen LogP contribution in [0.1, 0.15) is 41.6 Å². The zero-order valence-corrected chi connectivity index (χ0v) is 14.4. The normalized spacial score (nSPS) is 15.3. The van der Waals surface area contributed by atoms with Gasteiger partial charge in [-0.25, -0.2) is 4.79 Å². The molecule has 1 aliphatic rings. The lowest BCUT2D eigenvalue weighted by atomic mass is 9.92. The number of amides is 2. The Morgan fingerprint density at radius 1 is 1.20 bits per heavy atom. The SMILES string of the molecule is COC(=O)c1ccc(/C=C/C(=O)N2CCC(CCC(N)=O)CC2)cc1. The number of hydrogen-bond acceptors (Lipinski definition) is 4. The van der Waals surface area contributed by atoms with E-state index in [9.17, 15) is 14.4 Å². The number of carbonyl (C=O) groups excluding carboxylic acids is 3. The Hall–Kier alpha value is -2.63. The summed E-state index contributed by atoms with van der Waals surface area (Å²) in [4.78, 5) is 36.3. The highest BCUT2D eigenvalue weighted by atomic mass is 16.5. The minimum absolute atomic E-state index is 0.0228. The van der Waals surface area contributed by atoms with Crippen LogP contribution in [-0.2, 0) is 14.3 Å². The van der Waals surface area contributed by atoms with Crippen molar-refractivity contribution in [3.8, 4) is 0 Å². The summed E-state index contributed by atoms with van der Waals surface area (Å²) < 4.78 is 4.65. The summed E-state index contributed by atoms with van der Waals surface area (Å²) in [5, 5.41) is 0. The van der Waals surface area contributed by atoms with E-state index in [1.807, 2.05) is 4.90 Å². The van der Waals surface area contributed by atoms with Crippen molar-refractivity contribution in [1.82, 2.24) is 4.90 Å². The predicted molar refractivity (Wildman–Crippen MR) is 94.5 cm³/mol. The van der Waals surface area contributed by atoms with Gasteiger partial charge >= 0.3 is 5.97 Å². The van der Waals surface area contributed by atoms with Gasteiger partial charge in [0.05, 0.1) is 12.7 Å². The van der Waals surface area contributed by atoms with Gasteiger partial charge in [0, 0.05) is 25.6 Å². The molecule has 1 aromatic carbocycles. The summed E-state index contributed by atoms with van der Waals surface area (Å²) in [6.07, 6.45) is 6.32. The van der Waals surface area contributed by atoms with Crippen molar-refractivity contribution in [3.05, 3.63) is 41.5 Å². The fraction of sp³-hybridized carbons (Fsp3) is 0.421. The smallest absolute Gasteiger partial charge is 0.337 e. The molecule has 2 N–H and O–H groups in total. The molecule has 0 atom stereocenters. The molecule has 1 aliphatic heterocycles. The van der Waals surface area contributed by atoms with Crippen LogP contribution in [0.25, 0.3) is 6.08 Å². The zero-order valence-electron chi connectivity index (χ0n) is 14.4. The summed E-state index contributed by atoms with van der Waals surface area (Å²) >= 11 is 0. The van der Waals surface area contributed by atoms with Crippen molar-refractivity contribution in [1.29, 1.82) is 0 Å². The number of ether oxygens (including phenoxy) is 1. The highest BCUT2D eigenvalue weighted by Gasteiger charge is 2.21. The third kappa shape index (κ3) is 5.74. The van der Waals surface area contributed by atoms with Crippen molar-refractivity contribution in [3.63, 3.8) is 0 Å². The van der Waals surface area contributed by atoms with Crippen molar-refractivity contribution in [2.24, 2.45) is 11.7 Å². The van der Waals surface area contributed by atoms with Gasteiger partial charge in [-0.2, -0.15) is 0 Å². The number of rotatable bonds is 6. The van der Waals surface area contributed by atoms with Crippen LogP contribution < -0.4 is 5.73 Å². The maximum atomic E-state index is 12.3. The number of hydrogen-bond donors (Lipinski definition) is 1. The van der Waals surface area contributed by atoms with Crippen LogP contribution in [0.4, 0.5) is 0 Å². The third-order valence-electron chi connectivity index (χ3n) is 4.48. The van der Waals surface area contributed by atoms with Crippen LogP contribution in [0, 0.1) is 5.92 Å². The van der Waals surface area contributed by atoms with Gasteiger partial charge in [0.25, 0.3) is 0 Å². The van der Waals surface area contributed by atoms with E-state index in [1.165, 1.54) is 7.11 Å². The topological polar surface area (TPSA) is 89.7 Å². The molecule has 1 aromatic rings. The molecule has 6 heteroatoms. The molecule has 0 spiro atoms. The Bertz CT molecular complexity index is 644. The van der Waals surface area contributed by atoms with E-state index in [2.05, 4.69) is 4.74 Å². The lowest BCUT2D eigenvalue weighted by Crippen LogP contribution is -2.37. The molecule has 1 saturated heterocycles. The number of esters is 1. The van der Waals surface area contributed by atoms with Crippen LogP contribution >= 0.6 is 0 Å². The van der Waals surface area contributed by atoms with Gasteiger partial charge in [-0.05, 0) is 49.0 Å². The lowest BCUT2D eigenvalue weighted by Gasteiger charge is -2.31. The first-order valence-corrected chi connectivity index (χ1v) is 8.43. The molecular formula is C19H24N2O4. The predicted octanol–water partition coefficient (Wildman–Crippen LogP) is 1.99. The highest BCUT2D eigenvalue weighted by molar-refractivity contribution is 5.92. The molecule has 0 aromatic heterocycles. The molecule has 25 heavy (non-hydrogen) atoms. The Labute approximate surface area is 147 Å². The van der Waals surface area contributed by atoms with Gasteiger partial charge < -0.3 is 15.4 Å². The number of benzene rings is 1. The van der Waals surface area contributed by atoms with E-state index >= 15 is 0 Å². The Balaban J connectivity index is 1.83. The van der Waals surface area contributed by atoms with E-state index < -0.39 is 0 Å². The monoisotopic (exact) mass is 344 g/mol. The van der Waals surface area contributed by atoms with Crippen LogP contribution in [0.2, 0.25) is 0 Å². The fourth-order valence-electron chi connectivity index (χ4n) is 2.91. The van der Waals surface area contributed by atoms with E-state index in [1.54, 1.807) is 36.4 Å². The second-order valence-electron chi connectivity index (χ2n) is 6.22. The molecule has 0 aliphatic carbocycles. The second-order valence-corrected chi connectivity index (χ2v) is 6.22. The molecule has 0 bridgehead atoms. The zero-order chi connectivity index (χ0) is 18.2. The highest BCUT2D eigenvalue weighted by Crippen LogP contribution is 2.22. The second kappa shape index (κ2) is 9.01.